The summed E-state index contributed by atoms with van der Waals surface area (Å²) in [6.07, 6.45) is 4.01. The molecule has 102 valence electrons. The van der Waals surface area contributed by atoms with Gasteiger partial charge in [0.2, 0.25) is 0 Å². The number of nitrogens with one attached hydrogen (secondary N) is 1. The number of hydrogen-bond donors (Lipinski definition) is 1. The lowest BCUT2D eigenvalue weighted by Crippen LogP contribution is -2.33. The molecule has 1 heterocycles. The first-order chi connectivity index (χ1) is 9.01. The van der Waals surface area contributed by atoms with Crippen molar-refractivity contribution in [2.75, 3.05) is 7.11 Å². The third kappa shape index (κ3) is 3.29. The van der Waals surface area contributed by atoms with Crippen molar-refractivity contribution in [1.29, 1.82) is 0 Å². The molecular formula is C12H11Cl2NO3S. The monoisotopic (exact) mass is 319 g/mol. The molecule has 7 heteroatoms. The first-order valence-corrected chi connectivity index (χ1v) is 7.10. The number of thiophene rings is 1. The molecule has 0 spiro atoms. The second kappa shape index (κ2) is 5.94. The van der Waals surface area contributed by atoms with Gasteiger partial charge in [0.05, 0.1) is 22.9 Å². The first kappa shape index (κ1) is 14.4. The third-order valence-corrected chi connectivity index (χ3v) is 4.29. The molecular weight excluding hydrogens is 309 g/mol. The minimum absolute atomic E-state index is 0.202. The normalized spacial score (nSPS) is 21.4. The number of halogens is 2. The van der Waals surface area contributed by atoms with Crippen LogP contribution in [0.4, 0.5) is 0 Å². The Morgan fingerprint density at radius 2 is 2.16 bits per heavy atom. The van der Waals surface area contributed by atoms with Gasteiger partial charge in [-0.25, -0.2) is 0 Å². The van der Waals surface area contributed by atoms with E-state index in [9.17, 15) is 9.59 Å². The second-order valence-corrected chi connectivity index (χ2v) is 6.35. The molecule has 1 N–H and O–H groups in total. The average molecular weight is 320 g/mol. The molecule has 1 amide bonds. The van der Waals surface area contributed by atoms with E-state index in [2.05, 4.69) is 10.1 Å². The molecule has 2 rings (SSSR count). The molecule has 1 aliphatic carbocycles. The van der Waals surface area contributed by atoms with Gasteiger partial charge in [0.25, 0.3) is 5.91 Å². The van der Waals surface area contributed by atoms with Gasteiger partial charge in [0.1, 0.15) is 4.34 Å². The fourth-order valence-electron chi connectivity index (χ4n) is 1.87. The summed E-state index contributed by atoms with van der Waals surface area (Å²) in [5.41, 5.74) is 0.353. The molecule has 0 saturated carbocycles. The number of amides is 1. The molecule has 0 bridgehead atoms. The van der Waals surface area contributed by atoms with E-state index in [-0.39, 0.29) is 23.8 Å². The van der Waals surface area contributed by atoms with Crippen LogP contribution in [0.25, 0.3) is 0 Å². The van der Waals surface area contributed by atoms with E-state index in [1.54, 1.807) is 12.2 Å². The molecule has 2 atom stereocenters. The minimum atomic E-state index is -0.308. The predicted octanol–water partition coefficient (Wildman–Crippen LogP) is 2.90. The van der Waals surface area contributed by atoms with E-state index in [1.165, 1.54) is 13.2 Å². The fourth-order valence-corrected chi connectivity index (χ4v) is 3.33. The van der Waals surface area contributed by atoms with Crippen molar-refractivity contribution in [2.24, 2.45) is 5.92 Å². The lowest BCUT2D eigenvalue weighted by molar-refractivity contribution is -0.143. The van der Waals surface area contributed by atoms with E-state index in [0.29, 0.717) is 20.7 Å². The van der Waals surface area contributed by atoms with Crippen LogP contribution >= 0.6 is 34.5 Å². The first-order valence-electron chi connectivity index (χ1n) is 5.53. The van der Waals surface area contributed by atoms with Crippen LogP contribution < -0.4 is 5.32 Å². The Bertz CT molecular complexity index is 541. The summed E-state index contributed by atoms with van der Waals surface area (Å²) >= 11 is 12.8. The highest BCUT2D eigenvalue weighted by Crippen LogP contribution is 2.31. The van der Waals surface area contributed by atoms with Gasteiger partial charge < -0.3 is 10.1 Å². The number of carbonyl (C=O) groups excluding carboxylic acids is 2. The Morgan fingerprint density at radius 1 is 1.42 bits per heavy atom. The molecule has 0 saturated heterocycles. The number of carbonyl (C=O) groups is 2. The number of ether oxygens (including phenoxy) is 1. The van der Waals surface area contributed by atoms with Crippen molar-refractivity contribution < 1.29 is 14.3 Å². The topological polar surface area (TPSA) is 55.4 Å². The summed E-state index contributed by atoms with van der Waals surface area (Å²) in [7, 11) is 1.34. The van der Waals surface area contributed by atoms with Crippen molar-refractivity contribution in [1.82, 2.24) is 5.32 Å². The van der Waals surface area contributed by atoms with Crippen LogP contribution in [-0.4, -0.2) is 25.0 Å². The van der Waals surface area contributed by atoms with Gasteiger partial charge in [-0.15, -0.1) is 11.3 Å². The minimum Gasteiger partial charge on any atom is -0.469 e. The largest absolute Gasteiger partial charge is 0.469 e. The SMILES string of the molecule is COC(=O)C1C=C[C@@H](NC(=O)c2cc(Cl)sc2Cl)C1. The Balaban J connectivity index is 1.97. The fraction of sp³-hybridized carbons (Fsp3) is 0.333. The zero-order chi connectivity index (χ0) is 14.0. The van der Waals surface area contributed by atoms with Crippen LogP contribution in [0, 0.1) is 5.92 Å². The molecule has 0 radical (unpaired) electrons. The maximum Gasteiger partial charge on any atom is 0.312 e. The molecule has 4 nitrogen and oxygen atoms in total. The Morgan fingerprint density at radius 3 is 2.74 bits per heavy atom. The van der Waals surface area contributed by atoms with Crippen molar-refractivity contribution in [3.8, 4) is 0 Å². The van der Waals surface area contributed by atoms with Crippen molar-refractivity contribution >= 4 is 46.4 Å². The van der Waals surface area contributed by atoms with Gasteiger partial charge in [-0.2, -0.15) is 0 Å². The van der Waals surface area contributed by atoms with Gasteiger partial charge in [0.15, 0.2) is 0 Å². The van der Waals surface area contributed by atoms with Crippen LogP contribution in [0.2, 0.25) is 8.67 Å². The highest BCUT2D eigenvalue weighted by molar-refractivity contribution is 7.20. The zero-order valence-corrected chi connectivity index (χ0v) is 12.3. The average Bonchev–Trinajstić information content (AvgIpc) is 2.95. The van der Waals surface area contributed by atoms with E-state index in [0.717, 1.165) is 11.3 Å². The third-order valence-electron chi connectivity index (χ3n) is 2.81. The van der Waals surface area contributed by atoms with Crippen LogP contribution in [0.15, 0.2) is 18.2 Å². The molecule has 1 aromatic rings. The standard InChI is InChI=1S/C12H11Cl2NO3S/c1-18-12(17)6-2-3-7(4-6)15-11(16)8-5-9(13)19-10(8)14/h2-3,5-7H,4H2,1H3,(H,15,16)/t6?,7-/m1/s1. The Hall–Kier alpha value is -1.04. The van der Waals surface area contributed by atoms with Gasteiger partial charge in [-0.3, -0.25) is 9.59 Å². The van der Waals surface area contributed by atoms with Crippen LogP contribution in [0.3, 0.4) is 0 Å². The van der Waals surface area contributed by atoms with Crippen molar-refractivity contribution in [3.63, 3.8) is 0 Å². The van der Waals surface area contributed by atoms with Crippen molar-refractivity contribution in [3.05, 3.63) is 32.5 Å². The number of esters is 1. The van der Waals surface area contributed by atoms with Crippen molar-refractivity contribution in [2.45, 2.75) is 12.5 Å². The molecule has 19 heavy (non-hydrogen) atoms. The highest BCUT2D eigenvalue weighted by Gasteiger charge is 2.27. The molecule has 1 aliphatic rings. The molecule has 1 aromatic heterocycles. The molecule has 0 fully saturated rings. The maximum absolute atomic E-state index is 12.0. The van der Waals surface area contributed by atoms with E-state index < -0.39 is 0 Å². The van der Waals surface area contributed by atoms with E-state index >= 15 is 0 Å². The number of rotatable bonds is 3. The van der Waals surface area contributed by atoms with E-state index in [1.807, 2.05) is 0 Å². The summed E-state index contributed by atoms with van der Waals surface area (Å²) in [4.78, 5) is 23.3. The molecule has 0 aromatic carbocycles. The predicted molar refractivity (Wildman–Crippen MR) is 74.9 cm³/mol. The lowest BCUT2D eigenvalue weighted by Gasteiger charge is -2.12. The van der Waals surface area contributed by atoms with Gasteiger partial charge in [-0.05, 0) is 12.5 Å². The smallest absolute Gasteiger partial charge is 0.312 e. The van der Waals surface area contributed by atoms with Gasteiger partial charge >= 0.3 is 5.97 Å². The van der Waals surface area contributed by atoms with Crippen LogP contribution in [0.1, 0.15) is 16.8 Å². The maximum atomic E-state index is 12.0. The highest BCUT2D eigenvalue weighted by atomic mass is 35.5. The summed E-state index contributed by atoms with van der Waals surface area (Å²) < 4.78 is 5.47. The molecule has 1 unspecified atom stereocenters. The summed E-state index contributed by atoms with van der Waals surface area (Å²) in [5.74, 6) is -0.908. The second-order valence-electron chi connectivity index (χ2n) is 4.07. The summed E-state index contributed by atoms with van der Waals surface area (Å²) in [6.45, 7) is 0. The summed E-state index contributed by atoms with van der Waals surface area (Å²) in [5, 5.41) is 2.79. The Kier molecular flexibility index (Phi) is 4.50. The Labute approximate surface area is 124 Å². The number of methoxy groups -OCH3 is 1. The van der Waals surface area contributed by atoms with Gasteiger partial charge in [0, 0.05) is 6.04 Å². The van der Waals surface area contributed by atoms with Crippen LogP contribution in [-0.2, 0) is 9.53 Å². The zero-order valence-electron chi connectivity index (χ0n) is 9.98. The lowest BCUT2D eigenvalue weighted by atomic mass is 10.1. The quantitative estimate of drug-likeness (QED) is 0.688. The molecule has 0 aliphatic heterocycles. The van der Waals surface area contributed by atoms with Crippen LogP contribution in [0.5, 0.6) is 0 Å². The van der Waals surface area contributed by atoms with Gasteiger partial charge in [-0.1, -0.05) is 35.4 Å². The van der Waals surface area contributed by atoms with E-state index in [4.69, 9.17) is 23.2 Å². The summed E-state index contributed by atoms with van der Waals surface area (Å²) in [6, 6.07) is 1.33. The number of hydrogen-bond acceptors (Lipinski definition) is 4.